The second kappa shape index (κ2) is 3.58. The lowest BCUT2D eigenvalue weighted by Gasteiger charge is -1.97. The Morgan fingerprint density at radius 3 is 1.56 bits per heavy atom. The van der Waals surface area contributed by atoms with Crippen molar-refractivity contribution in [1.82, 2.24) is 30.1 Å². The van der Waals surface area contributed by atoms with Gasteiger partial charge in [0.05, 0.1) is 0 Å². The number of nitrogens with zero attached hydrogens (tertiary/aromatic N) is 4. The Hall–Kier alpha value is -2.50. The van der Waals surface area contributed by atoms with Crippen molar-refractivity contribution >= 4 is 0 Å². The average molecular weight is 212 g/mol. The van der Waals surface area contributed by atoms with Crippen molar-refractivity contribution in [2.45, 2.75) is 0 Å². The van der Waals surface area contributed by atoms with Crippen molar-refractivity contribution in [1.29, 1.82) is 0 Å². The number of hydrogen-bond acceptors (Lipinski definition) is 4. The predicted octanol–water partition coefficient (Wildman–Crippen LogP) is 1.26. The molecule has 0 spiro atoms. The Labute approximate surface area is 90.8 Å². The van der Waals surface area contributed by atoms with Gasteiger partial charge >= 0.3 is 0 Å². The summed E-state index contributed by atoms with van der Waals surface area (Å²) in [5.74, 6) is 1.41. The summed E-state index contributed by atoms with van der Waals surface area (Å²) >= 11 is 0. The number of rotatable bonds is 2. The highest BCUT2D eigenvalue weighted by atomic mass is 15.1. The lowest BCUT2D eigenvalue weighted by atomic mass is 10.3. The van der Waals surface area contributed by atoms with Gasteiger partial charge in [0.15, 0.2) is 11.6 Å². The van der Waals surface area contributed by atoms with Gasteiger partial charge in [0.1, 0.15) is 11.4 Å². The number of hydrogen-bond donors (Lipinski definition) is 2. The van der Waals surface area contributed by atoms with E-state index in [0.717, 1.165) is 0 Å². The van der Waals surface area contributed by atoms with Crippen LogP contribution in [0.2, 0.25) is 0 Å². The fourth-order valence-electron chi connectivity index (χ4n) is 1.40. The molecule has 6 nitrogen and oxygen atoms in total. The van der Waals surface area contributed by atoms with E-state index in [1.54, 1.807) is 24.8 Å². The first kappa shape index (κ1) is 8.78. The van der Waals surface area contributed by atoms with E-state index >= 15 is 0 Å². The normalized spacial score (nSPS) is 10.5. The minimum atomic E-state index is 0.707. The number of H-pyrrole nitrogens is 2. The van der Waals surface area contributed by atoms with Crippen molar-refractivity contribution in [2.75, 3.05) is 0 Å². The van der Waals surface area contributed by atoms with E-state index in [0.29, 0.717) is 23.0 Å². The third-order valence-corrected chi connectivity index (χ3v) is 2.15. The zero-order valence-electron chi connectivity index (χ0n) is 8.25. The summed E-state index contributed by atoms with van der Waals surface area (Å²) in [5.41, 5.74) is 1.42. The van der Waals surface area contributed by atoms with Crippen molar-refractivity contribution in [3.05, 3.63) is 36.9 Å². The van der Waals surface area contributed by atoms with Gasteiger partial charge in [-0.1, -0.05) is 0 Å². The first-order chi connectivity index (χ1) is 7.93. The molecule has 6 heteroatoms. The molecule has 0 aromatic carbocycles. The third-order valence-electron chi connectivity index (χ3n) is 2.15. The maximum absolute atomic E-state index is 4.10. The molecule has 0 aliphatic carbocycles. The Morgan fingerprint density at radius 1 is 0.750 bits per heavy atom. The molecule has 0 radical (unpaired) electrons. The molecule has 3 heterocycles. The van der Waals surface area contributed by atoms with Crippen LogP contribution in [0, 0.1) is 0 Å². The maximum atomic E-state index is 4.10. The molecule has 2 N–H and O–H groups in total. The fraction of sp³-hybridized carbons (Fsp3) is 0. The predicted molar refractivity (Wildman–Crippen MR) is 57.2 cm³/mol. The largest absolute Gasteiger partial charge is 0.343 e. The molecule has 0 saturated heterocycles. The van der Waals surface area contributed by atoms with Crippen LogP contribution < -0.4 is 0 Å². The molecule has 3 rings (SSSR count). The molecule has 0 unspecified atom stereocenters. The van der Waals surface area contributed by atoms with Crippen LogP contribution in [0.4, 0.5) is 0 Å². The zero-order chi connectivity index (χ0) is 10.8. The number of aromatic amines is 2. The van der Waals surface area contributed by atoms with Gasteiger partial charge in [-0.2, -0.15) is 0 Å². The first-order valence-electron chi connectivity index (χ1n) is 4.77. The van der Waals surface area contributed by atoms with Crippen LogP contribution in [-0.4, -0.2) is 30.1 Å². The van der Waals surface area contributed by atoms with Crippen LogP contribution in [0.5, 0.6) is 0 Å². The van der Waals surface area contributed by atoms with Gasteiger partial charge in [0, 0.05) is 24.8 Å². The van der Waals surface area contributed by atoms with E-state index in [9.17, 15) is 0 Å². The highest BCUT2D eigenvalue weighted by Gasteiger charge is 2.05. The molecule has 3 aromatic rings. The zero-order valence-corrected chi connectivity index (χ0v) is 8.25. The van der Waals surface area contributed by atoms with Gasteiger partial charge in [0.25, 0.3) is 0 Å². The summed E-state index contributed by atoms with van der Waals surface area (Å²) in [6.07, 6.45) is 6.85. The molecule has 16 heavy (non-hydrogen) atoms. The van der Waals surface area contributed by atoms with Crippen molar-refractivity contribution in [3.8, 4) is 23.0 Å². The molecular weight excluding hydrogens is 204 g/mol. The molecule has 0 amide bonds. The van der Waals surface area contributed by atoms with E-state index in [-0.39, 0.29) is 0 Å². The second-order valence-corrected chi connectivity index (χ2v) is 3.18. The first-order valence-corrected chi connectivity index (χ1v) is 4.77. The van der Waals surface area contributed by atoms with Crippen LogP contribution >= 0.6 is 0 Å². The van der Waals surface area contributed by atoms with Crippen LogP contribution in [0.15, 0.2) is 36.9 Å². The van der Waals surface area contributed by atoms with Gasteiger partial charge in [-0.15, -0.1) is 10.2 Å². The lowest BCUT2D eigenvalue weighted by molar-refractivity contribution is 1.02. The fourth-order valence-corrected chi connectivity index (χ4v) is 1.40. The topological polar surface area (TPSA) is 83.1 Å². The minimum Gasteiger partial charge on any atom is -0.343 e. The highest BCUT2D eigenvalue weighted by Crippen LogP contribution is 2.14. The highest BCUT2D eigenvalue weighted by molar-refractivity contribution is 5.53. The van der Waals surface area contributed by atoms with E-state index in [1.165, 1.54) is 0 Å². The third kappa shape index (κ3) is 1.46. The number of imidazole rings is 2. The van der Waals surface area contributed by atoms with Crippen molar-refractivity contribution in [2.24, 2.45) is 0 Å². The van der Waals surface area contributed by atoms with Crippen molar-refractivity contribution in [3.63, 3.8) is 0 Å². The molecule has 78 valence electrons. The monoisotopic (exact) mass is 212 g/mol. The molecule has 0 fully saturated rings. The summed E-state index contributed by atoms with van der Waals surface area (Å²) in [6.45, 7) is 0. The Bertz CT molecular complexity index is 499. The minimum absolute atomic E-state index is 0.707. The van der Waals surface area contributed by atoms with Crippen LogP contribution in [-0.2, 0) is 0 Å². The molecule has 0 saturated carbocycles. The van der Waals surface area contributed by atoms with E-state index in [2.05, 4.69) is 30.1 Å². The number of aromatic nitrogens is 6. The molecule has 3 aromatic heterocycles. The van der Waals surface area contributed by atoms with Gasteiger partial charge in [0.2, 0.25) is 0 Å². The van der Waals surface area contributed by atoms with E-state index in [1.807, 2.05) is 12.1 Å². The summed E-state index contributed by atoms with van der Waals surface area (Å²) in [5, 5.41) is 8.15. The molecule has 0 atom stereocenters. The molecule has 0 aliphatic heterocycles. The quantitative estimate of drug-likeness (QED) is 0.669. The summed E-state index contributed by atoms with van der Waals surface area (Å²) < 4.78 is 0. The SMILES string of the molecule is c1c[nH]c(-c2ccc(-c3ncc[nH]3)nn2)n1. The van der Waals surface area contributed by atoms with Crippen LogP contribution in [0.3, 0.4) is 0 Å². The smallest absolute Gasteiger partial charge is 0.157 e. The standard InChI is InChI=1S/C10H8N6/c1-2-8(10-13-5-6-14-10)16-15-7(1)9-11-3-4-12-9/h1-6H,(H,11,12)(H,13,14). The van der Waals surface area contributed by atoms with Gasteiger partial charge in [-0.05, 0) is 12.1 Å². The second-order valence-electron chi connectivity index (χ2n) is 3.18. The number of nitrogens with one attached hydrogen (secondary N) is 2. The lowest BCUT2D eigenvalue weighted by Crippen LogP contribution is -1.92. The van der Waals surface area contributed by atoms with Crippen molar-refractivity contribution < 1.29 is 0 Å². The van der Waals surface area contributed by atoms with Crippen LogP contribution in [0.25, 0.3) is 23.0 Å². The molecular formula is C10H8N6. The summed E-state index contributed by atoms with van der Waals surface area (Å²) in [6, 6.07) is 3.70. The summed E-state index contributed by atoms with van der Waals surface area (Å²) in [4.78, 5) is 14.1. The van der Waals surface area contributed by atoms with E-state index < -0.39 is 0 Å². The van der Waals surface area contributed by atoms with Gasteiger partial charge in [-0.3, -0.25) is 0 Å². The van der Waals surface area contributed by atoms with Gasteiger partial charge < -0.3 is 9.97 Å². The van der Waals surface area contributed by atoms with Gasteiger partial charge in [-0.25, -0.2) is 9.97 Å². The Balaban J connectivity index is 1.97. The average Bonchev–Trinajstić information content (AvgIpc) is 3.03. The molecule has 0 aliphatic rings. The Kier molecular flexibility index (Phi) is 1.96. The maximum Gasteiger partial charge on any atom is 0.157 e. The van der Waals surface area contributed by atoms with E-state index in [4.69, 9.17) is 0 Å². The summed E-state index contributed by atoms with van der Waals surface area (Å²) in [7, 11) is 0. The molecule has 0 bridgehead atoms. The van der Waals surface area contributed by atoms with Crippen LogP contribution in [0.1, 0.15) is 0 Å². The Morgan fingerprint density at radius 2 is 1.25 bits per heavy atom.